The number of allylic oxidation sites excluding steroid dienone is 26. The number of ether oxygens (including phenoxy) is 4. The Morgan fingerprint density at radius 1 is 0.269 bits per heavy atom. The summed E-state index contributed by atoms with van der Waals surface area (Å²) in [5.41, 5.74) is 0. The molecule has 0 aromatic rings. The third-order valence-electron chi connectivity index (χ3n) is 17.0. The van der Waals surface area contributed by atoms with Crippen LogP contribution >= 0.6 is 15.6 Å². The predicted octanol–water partition coefficient (Wildman–Crippen LogP) is 24.8. The summed E-state index contributed by atoms with van der Waals surface area (Å²) in [7, 11) is -10.0. The van der Waals surface area contributed by atoms with E-state index in [4.69, 9.17) is 37.0 Å². The van der Waals surface area contributed by atoms with Crippen molar-refractivity contribution in [2.45, 2.75) is 341 Å². The zero-order valence-electron chi connectivity index (χ0n) is 67.5. The standard InChI is InChI=1S/C89H148O17P2/c1-5-9-13-17-21-25-29-33-37-39-41-43-47-50-54-58-62-66-70-74-87(92)100-80-84(105-88(93)75-71-67-63-59-55-51-46-36-32-28-24-20-16-12-8-4)81-103-107(95,96)101-77-83(90)78-102-108(97,98)104-82-85(79-99-86(91)73-69-65-61-57-53-49-45-35-31-27-23-19-15-11-7-3)106-89(94)76-72-68-64-60-56-52-48-44-42-40-38-34-30-26-22-18-14-10-6-2/h10,14,21-23,25-28,32-35,37-38,41-45,50,52,54,56,62,66,83-85,90H,5-9,11-13,15-20,24,29-31,36,39-40,46-49,51,53,55,57-61,63-65,67-82H2,1-4H3,(H,95,96)(H,97,98)/b14-10-,25-21-,26-22-,27-23-,32-28-,37-33-,38-34-,43-41-,44-42-,45-35-,54-50-,56-52-,66-62-/t83-,84-,85-/m1/s1. The fourth-order valence-corrected chi connectivity index (χ4v) is 12.2. The van der Waals surface area contributed by atoms with E-state index in [-0.39, 0.29) is 25.7 Å². The number of phosphoric acid groups is 2. The van der Waals surface area contributed by atoms with Gasteiger partial charge in [-0.15, -0.1) is 0 Å². The van der Waals surface area contributed by atoms with Gasteiger partial charge in [-0.25, -0.2) is 9.13 Å². The first-order chi connectivity index (χ1) is 52.7. The van der Waals surface area contributed by atoms with Crippen LogP contribution in [-0.2, 0) is 65.4 Å². The SMILES string of the molecule is CC/C=C\C/C=C\C/C=C\C/C=C\C/C=C\CCCCCC(=O)O[C@H](COC(=O)CCCCCCC/C=C\C/C=C\CCCCC)COP(=O)(O)OC[C@H](O)COP(=O)(O)OC[C@@H](COC(=O)CC/C=C\C/C=C\C/C=C\C/C=C\C/C=C\CCCCC)OC(=O)CCCCCCCCC/C=C\CCCCCC. The van der Waals surface area contributed by atoms with Crippen LogP contribution in [0.2, 0.25) is 0 Å². The summed E-state index contributed by atoms with van der Waals surface area (Å²) in [4.78, 5) is 73.1. The van der Waals surface area contributed by atoms with Crippen molar-refractivity contribution in [2.75, 3.05) is 39.6 Å². The molecule has 0 fully saturated rings. The van der Waals surface area contributed by atoms with Gasteiger partial charge in [0.05, 0.1) is 26.4 Å². The van der Waals surface area contributed by atoms with Crippen molar-refractivity contribution in [1.82, 2.24) is 0 Å². The van der Waals surface area contributed by atoms with Crippen LogP contribution in [0.5, 0.6) is 0 Å². The number of unbranched alkanes of at least 4 members (excludes halogenated alkanes) is 25. The number of aliphatic hydroxyl groups excluding tert-OH is 1. The lowest BCUT2D eigenvalue weighted by Crippen LogP contribution is -2.30. The van der Waals surface area contributed by atoms with E-state index in [0.29, 0.717) is 32.1 Å². The highest BCUT2D eigenvalue weighted by molar-refractivity contribution is 7.47. The molecule has 0 aromatic carbocycles. The van der Waals surface area contributed by atoms with Crippen LogP contribution in [0.4, 0.5) is 0 Å². The molecule has 0 rings (SSSR count). The maximum Gasteiger partial charge on any atom is 0.472 e. The first-order valence-corrected chi connectivity index (χ1v) is 44.7. The maximum atomic E-state index is 13.1. The molecule has 3 N–H and O–H groups in total. The van der Waals surface area contributed by atoms with Gasteiger partial charge in [-0.05, 0) is 167 Å². The summed E-state index contributed by atoms with van der Waals surface area (Å²) < 4.78 is 68.6. The van der Waals surface area contributed by atoms with Crippen molar-refractivity contribution in [2.24, 2.45) is 0 Å². The summed E-state index contributed by atoms with van der Waals surface area (Å²) in [6, 6.07) is 0. The second kappa shape index (κ2) is 79.8. The van der Waals surface area contributed by atoms with Crippen molar-refractivity contribution in [3.05, 3.63) is 158 Å². The van der Waals surface area contributed by atoms with Crippen molar-refractivity contribution < 1.29 is 80.2 Å². The average Bonchev–Trinajstić information content (AvgIpc) is 0.899. The summed E-state index contributed by atoms with van der Waals surface area (Å²) >= 11 is 0. The molecule has 0 spiro atoms. The fraction of sp³-hybridized carbons (Fsp3) is 0.663. The van der Waals surface area contributed by atoms with Crippen LogP contribution in [0.15, 0.2) is 158 Å². The van der Waals surface area contributed by atoms with Crippen LogP contribution in [0, 0.1) is 0 Å². The van der Waals surface area contributed by atoms with E-state index in [1.54, 1.807) is 0 Å². The number of esters is 4. The topological polar surface area (TPSA) is 237 Å². The molecule has 0 heterocycles. The minimum atomic E-state index is -5.01. The third kappa shape index (κ3) is 78.8. The summed E-state index contributed by atoms with van der Waals surface area (Å²) in [5.74, 6) is -2.33. The first kappa shape index (κ1) is 103. The Hall–Kier alpha value is -5.32. The van der Waals surface area contributed by atoms with Crippen molar-refractivity contribution in [3.63, 3.8) is 0 Å². The Morgan fingerprint density at radius 3 is 0.833 bits per heavy atom. The Kier molecular flexibility index (Phi) is 75.8. The number of aliphatic hydroxyl groups is 1. The second-order valence-electron chi connectivity index (χ2n) is 27.3. The maximum absolute atomic E-state index is 13.1. The molecule has 0 bridgehead atoms. The van der Waals surface area contributed by atoms with Gasteiger partial charge in [0.25, 0.3) is 0 Å². The summed E-state index contributed by atoms with van der Waals surface area (Å²) in [6.45, 7) is 4.56. The number of carbonyl (C=O) groups is 4. The second-order valence-corrected chi connectivity index (χ2v) is 30.2. The highest BCUT2D eigenvalue weighted by Crippen LogP contribution is 2.45. The first-order valence-electron chi connectivity index (χ1n) is 41.7. The Balaban J connectivity index is 5.49. The number of hydrogen-bond acceptors (Lipinski definition) is 15. The Labute approximate surface area is 655 Å². The molecule has 0 aliphatic rings. The largest absolute Gasteiger partial charge is 0.472 e. The molecule has 0 aliphatic heterocycles. The van der Waals surface area contributed by atoms with Gasteiger partial charge in [-0.1, -0.05) is 288 Å². The summed E-state index contributed by atoms with van der Waals surface area (Å²) in [6.07, 6.45) is 93.6. The third-order valence-corrected chi connectivity index (χ3v) is 18.9. The van der Waals surface area contributed by atoms with Crippen LogP contribution in [0.1, 0.15) is 323 Å². The zero-order chi connectivity index (χ0) is 78.9. The highest BCUT2D eigenvalue weighted by Gasteiger charge is 2.30. The van der Waals surface area contributed by atoms with E-state index in [1.807, 2.05) is 12.2 Å². The molecule has 5 atom stereocenters. The van der Waals surface area contributed by atoms with Gasteiger partial charge in [0.1, 0.15) is 19.3 Å². The van der Waals surface area contributed by atoms with Gasteiger partial charge in [-0.2, -0.15) is 0 Å². The molecular weight excluding hydrogens is 1400 g/mol. The lowest BCUT2D eigenvalue weighted by Gasteiger charge is -2.21. The van der Waals surface area contributed by atoms with E-state index in [9.17, 15) is 43.2 Å². The number of rotatable bonds is 77. The predicted molar refractivity (Wildman–Crippen MR) is 445 cm³/mol. The zero-order valence-corrected chi connectivity index (χ0v) is 69.3. The monoisotopic (exact) mass is 1550 g/mol. The van der Waals surface area contributed by atoms with Crippen LogP contribution in [0.25, 0.3) is 0 Å². The molecule has 108 heavy (non-hydrogen) atoms. The van der Waals surface area contributed by atoms with Crippen molar-refractivity contribution in [1.29, 1.82) is 0 Å². The Morgan fingerprint density at radius 2 is 0.500 bits per heavy atom. The van der Waals surface area contributed by atoms with Crippen LogP contribution in [0.3, 0.4) is 0 Å². The molecule has 616 valence electrons. The van der Waals surface area contributed by atoms with E-state index >= 15 is 0 Å². The lowest BCUT2D eigenvalue weighted by molar-refractivity contribution is -0.161. The molecule has 0 radical (unpaired) electrons. The minimum Gasteiger partial charge on any atom is -0.462 e. The molecule has 0 amide bonds. The van der Waals surface area contributed by atoms with Gasteiger partial charge in [-0.3, -0.25) is 37.3 Å². The molecule has 19 heteroatoms. The van der Waals surface area contributed by atoms with Crippen molar-refractivity contribution in [3.8, 4) is 0 Å². The molecule has 0 saturated heterocycles. The molecule has 0 aliphatic carbocycles. The van der Waals surface area contributed by atoms with Crippen LogP contribution in [-0.4, -0.2) is 96.7 Å². The Bertz CT molecular complexity index is 2660. The van der Waals surface area contributed by atoms with Gasteiger partial charge in [0.2, 0.25) is 0 Å². The quantitative estimate of drug-likeness (QED) is 0.0169. The van der Waals surface area contributed by atoms with Gasteiger partial charge >= 0.3 is 39.5 Å². The number of hydrogen-bond donors (Lipinski definition) is 3. The van der Waals surface area contributed by atoms with E-state index in [0.717, 1.165) is 173 Å². The van der Waals surface area contributed by atoms with Crippen LogP contribution < -0.4 is 0 Å². The smallest absolute Gasteiger partial charge is 0.462 e. The number of carbonyl (C=O) groups excluding carboxylic acids is 4. The van der Waals surface area contributed by atoms with Crippen molar-refractivity contribution >= 4 is 39.5 Å². The average molecular weight is 1550 g/mol. The molecular formula is C89H148O17P2. The van der Waals surface area contributed by atoms with E-state index in [1.165, 1.54) is 64.2 Å². The van der Waals surface area contributed by atoms with Gasteiger partial charge < -0.3 is 33.8 Å². The number of phosphoric ester groups is 2. The highest BCUT2D eigenvalue weighted by atomic mass is 31.2. The van der Waals surface area contributed by atoms with E-state index < -0.39 is 97.5 Å². The normalized spacial score (nSPS) is 14.6. The molecule has 2 unspecified atom stereocenters. The van der Waals surface area contributed by atoms with E-state index in [2.05, 4.69) is 174 Å². The fourth-order valence-electron chi connectivity index (χ4n) is 10.6. The van der Waals surface area contributed by atoms with Gasteiger partial charge in [0, 0.05) is 25.7 Å². The minimum absolute atomic E-state index is 0.0327. The molecule has 0 aromatic heterocycles. The van der Waals surface area contributed by atoms with Gasteiger partial charge in [0.15, 0.2) is 12.2 Å². The lowest BCUT2D eigenvalue weighted by atomic mass is 10.1. The summed E-state index contributed by atoms with van der Waals surface area (Å²) in [5, 5.41) is 10.7. The molecule has 17 nitrogen and oxygen atoms in total. The molecule has 0 saturated carbocycles.